The van der Waals surface area contributed by atoms with Gasteiger partial charge in [0, 0.05) is 43.0 Å². The summed E-state index contributed by atoms with van der Waals surface area (Å²) < 4.78 is 34.9. The Morgan fingerprint density at radius 2 is 1.72 bits per heavy atom. The summed E-state index contributed by atoms with van der Waals surface area (Å²) in [5.74, 6) is -1.32. The zero-order valence-electron chi connectivity index (χ0n) is 19.1. The maximum absolute atomic E-state index is 14.0. The van der Waals surface area contributed by atoms with Crippen LogP contribution in [-0.2, 0) is 0 Å². The van der Waals surface area contributed by atoms with E-state index in [1.54, 1.807) is 35.5 Å². The topological polar surface area (TPSA) is 77.1 Å². The Hall–Kier alpha value is -4.40. The van der Waals surface area contributed by atoms with Gasteiger partial charge in [0.2, 0.25) is 0 Å². The monoisotopic (exact) mass is 485 g/mol. The van der Waals surface area contributed by atoms with Crippen LogP contribution in [0.4, 0.5) is 8.78 Å². The smallest absolute Gasteiger partial charge is 0.274 e. The number of hydrogen-bond acceptors (Lipinski definition) is 5. The second-order valence-electron chi connectivity index (χ2n) is 8.75. The van der Waals surface area contributed by atoms with E-state index in [4.69, 9.17) is 4.42 Å². The number of carbonyl (C=O) groups is 1. The van der Waals surface area contributed by atoms with Crippen molar-refractivity contribution in [2.45, 2.75) is 18.8 Å². The van der Waals surface area contributed by atoms with Crippen molar-refractivity contribution in [2.75, 3.05) is 13.1 Å². The number of para-hydroxylation sites is 2. The molecule has 0 spiro atoms. The van der Waals surface area contributed by atoms with Crippen molar-refractivity contribution in [3.63, 3.8) is 0 Å². The van der Waals surface area contributed by atoms with Gasteiger partial charge in [-0.3, -0.25) is 9.78 Å². The number of piperidine rings is 1. The van der Waals surface area contributed by atoms with Crippen LogP contribution < -0.4 is 0 Å². The number of amides is 1. The van der Waals surface area contributed by atoms with Gasteiger partial charge in [-0.15, -0.1) is 0 Å². The van der Waals surface area contributed by atoms with Crippen molar-refractivity contribution in [3.05, 3.63) is 96.3 Å². The predicted molar refractivity (Wildman–Crippen MR) is 129 cm³/mol. The molecule has 1 fully saturated rings. The number of fused-ring (bicyclic) bond motifs is 1. The first kappa shape index (κ1) is 22.1. The Bertz CT molecular complexity index is 1520. The molecule has 5 aromatic rings. The number of oxazole rings is 1. The number of likely N-dealkylation sites (tertiary alicyclic amines) is 1. The van der Waals surface area contributed by atoms with Gasteiger partial charge in [-0.2, -0.15) is 5.10 Å². The zero-order chi connectivity index (χ0) is 24.6. The van der Waals surface area contributed by atoms with Crippen LogP contribution >= 0.6 is 0 Å². The van der Waals surface area contributed by atoms with Gasteiger partial charge in [-0.25, -0.2) is 18.4 Å². The lowest BCUT2D eigenvalue weighted by atomic mass is 9.96. The van der Waals surface area contributed by atoms with Gasteiger partial charge < -0.3 is 9.32 Å². The highest BCUT2D eigenvalue weighted by Gasteiger charge is 2.29. The second kappa shape index (κ2) is 8.99. The molecule has 0 bridgehead atoms. The molecule has 4 heterocycles. The minimum absolute atomic E-state index is 0.133. The van der Waals surface area contributed by atoms with E-state index in [1.807, 2.05) is 24.3 Å². The van der Waals surface area contributed by atoms with E-state index in [0.29, 0.717) is 30.4 Å². The van der Waals surface area contributed by atoms with E-state index in [9.17, 15) is 13.6 Å². The maximum atomic E-state index is 14.0. The highest BCUT2D eigenvalue weighted by molar-refractivity contribution is 5.93. The number of benzene rings is 2. The Kier molecular flexibility index (Phi) is 5.52. The largest absolute Gasteiger partial charge is 0.440 e. The zero-order valence-corrected chi connectivity index (χ0v) is 19.1. The fraction of sp³-hybridized carbons (Fsp3) is 0.185. The third kappa shape index (κ3) is 4.02. The minimum Gasteiger partial charge on any atom is -0.440 e. The summed E-state index contributed by atoms with van der Waals surface area (Å²) in [6.45, 7) is 1.07. The first-order valence-corrected chi connectivity index (χ1v) is 11.7. The van der Waals surface area contributed by atoms with E-state index in [0.717, 1.165) is 41.6 Å². The lowest BCUT2D eigenvalue weighted by Crippen LogP contribution is -2.38. The Balaban J connectivity index is 1.26. The summed E-state index contributed by atoms with van der Waals surface area (Å²) in [7, 11) is 0. The van der Waals surface area contributed by atoms with Gasteiger partial charge in [0.15, 0.2) is 28.8 Å². The third-order valence-corrected chi connectivity index (χ3v) is 6.49. The van der Waals surface area contributed by atoms with Crippen LogP contribution in [0.5, 0.6) is 0 Å². The molecule has 0 radical (unpaired) electrons. The molecule has 7 nitrogen and oxygen atoms in total. The third-order valence-electron chi connectivity index (χ3n) is 6.49. The second-order valence-corrected chi connectivity index (χ2v) is 8.75. The Morgan fingerprint density at radius 1 is 0.944 bits per heavy atom. The lowest BCUT2D eigenvalue weighted by molar-refractivity contribution is 0.0700. The highest BCUT2D eigenvalue weighted by atomic mass is 19.2. The van der Waals surface area contributed by atoms with Gasteiger partial charge in [-0.1, -0.05) is 12.1 Å². The van der Waals surface area contributed by atoms with Crippen LogP contribution in [0.3, 0.4) is 0 Å². The van der Waals surface area contributed by atoms with Crippen molar-refractivity contribution < 1.29 is 18.0 Å². The average molecular weight is 485 g/mol. The number of nitrogens with zero attached hydrogens (tertiary/aromatic N) is 5. The number of pyridine rings is 1. The van der Waals surface area contributed by atoms with E-state index in [2.05, 4.69) is 15.1 Å². The van der Waals surface area contributed by atoms with Crippen molar-refractivity contribution in [1.82, 2.24) is 24.6 Å². The van der Waals surface area contributed by atoms with Gasteiger partial charge in [0.1, 0.15) is 5.52 Å². The molecule has 1 saturated heterocycles. The van der Waals surface area contributed by atoms with E-state index in [-0.39, 0.29) is 17.5 Å². The summed E-state index contributed by atoms with van der Waals surface area (Å²) in [6.07, 6.45) is 4.69. The normalized spacial score (nSPS) is 14.4. The molecule has 3 aromatic heterocycles. The quantitative estimate of drug-likeness (QED) is 0.342. The minimum atomic E-state index is -0.988. The average Bonchev–Trinajstić information content (AvgIpc) is 3.56. The fourth-order valence-electron chi connectivity index (χ4n) is 4.58. The van der Waals surface area contributed by atoms with Crippen LogP contribution in [-0.4, -0.2) is 43.6 Å². The van der Waals surface area contributed by atoms with E-state index < -0.39 is 11.6 Å². The standard InChI is InChI=1S/C27H21F2N5O2/c28-20-6-5-19(15-21(20)29)34-24(17-7-11-30-12-8-17)16-23(32-34)27(35)33-13-9-18(10-14-33)26-31-22-3-1-2-4-25(22)36-26/h1-8,11-12,15-16,18H,9-10,13-14H2. The predicted octanol–water partition coefficient (Wildman–Crippen LogP) is 5.37. The molecule has 6 rings (SSSR count). The Labute approximate surface area is 205 Å². The highest BCUT2D eigenvalue weighted by Crippen LogP contribution is 2.31. The van der Waals surface area contributed by atoms with E-state index in [1.165, 1.54) is 10.7 Å². The summed E-state index contributed by atoms with van der Waals surface area (Å²) in [5, 5.41) is 4.49. The van der Waals surface area contributed by atoms with Gasteiger partial charge in [0.25, 0.3) is 5.91 Å². The van der Waals surface area contributed by atoms with E-state index >= 15 is 0 Å². The van der Waals surface area contributed by atoms with Crippen LogP contribution in [0.1, 0.15) is 35.1 Å². The summed E-state index contributed by atoms with van der Waals surface area (Å²) in [4.78, 5) is 23.8. The number of hydrogen-bond donors (Lipinski definition) is 0. The molecule has 0 aliphatic carbocycles. The molecule has 0 atom stereocenters. The molecule has 1 amide bonds. The molecule has 0 saturated carbocycles. The summed E-state index contributed by atoms with van der Waals surface area (Å²) in [6, 6.07) is 16.4. The summed E-state index contributed by atoms with van der Waals surface area (Å²) in [5.41, 5.74) is 3.46. The Morgan fingerprint density at radius 3 is 2.47 bits per heavy atom. The number of rotatable bonds is 4. The molecule has 0 N–H and O–H groups in total. The molecule has 36 heavy (non-hydrogen) atoms. The molecular formula is C27H21F2N5O2. The maximum Gasteiger partial charge on any atom is 0.274 e. The molecular weight excluding hydrogens is 464 g/mol. The molecule has 9 heteroatoms. The number of carbonyl (C=O) groups excluding carboxylic acids is 1. The van der Waals surface area contributed by atoms with Crippen LogP contribution in [0.25, 0.3) is 28.0 Å². The first-order chi connectivity index (χ1) is 17.6. The van der Waals surface area contributed by atoms with Crippen molar-refractivity contribution in [1.29, 1.82) is 0 Å². The number of halogens is 2. The van der Waals surface area contributed by atoms with Gasteiger partial charge in [-0.05, 0) is 55.3 Å². The fourth-order valence-corrected chi connectivity index (χ4v) is 4.58. The molecule has 2 aromatic carbocycles. The van der Waals surface area contributed by atoms with Gasteiger partial charge >= 0.3 is 0 Å². The van der Waals surface area contributed by atoms with Crippen molar-refractivity contribution >= 4 is 17.0 Å². The van der Waals surface area contributed by atoms with Crippen LogP contribution in [0.2, 0.25) is 0 Å². The van der Waals surface area contributed by atoms with Gasteiger partial charge in [0.05, 0.1) is 11.4 Å². The lowest BCUT2D eigenvalue weighted by Gasteiger charge is -2.30. The van der Waals surface area contributed by atoms with Crippen molar-refractivity contribution in [3.8, 4) is 16.9 Å². The molecule has 0 unspecified atom stereocenters. The molecule has 1 aliphatic rings. The summed E-state index contributed by atoms with van der Waals surface area (Å²) >= 11 is 0. The van der Waals surface area contributed by atoms with Crippen LogP contribution in [0, 0.1) is 11.6 Å². The first-order valence-electron chi connectivity index (χ1n) is 11.7. The van der Waals surface area contributed by atoms with Crippen molar-refractivity contribution in [2.24, 2.45) is 0 Å². The molecule has 1 aliphatic heterocycles. The van der Waals surface area contributed by atoms with Crippen LogP contribution in [0.15, 0.2) is 77.5 Å². The SMILES string of the molecule is O=C(c1cc(-c2ccncc2)n(-c2ccc(F)c(F)c2)n1)N1CCC(c2nc3ccccc3o2)CC1. The molecule has 180 valence electrons. The number of aromatic nitrogens is 4.